The zero-order valence-corrected chi connectivity index (χ0v) is 14.5. The van der Waals surface area contributed by atoms with E-state index >= 15 is 0 Å². The second-order valence-electron chi connectivity index (χ2n) is 6.54. The van der Waals surface area contributed by atoms with Crippen molar-refractivity contribution in [1.29, 1.82) is 0 Å². The second-order valence-corrected chi connectivity index (χ2v) is 6.54. The molecule has 1 N–H and O–H groups in total. The van der Waals surface area contributed by atoms with Gasteiger partial charge in [-0.15, -0.1) is 0 Å². The largest absolute Gasteiger partial charge is 0.306 e. The number of aromatic nitrogens is 6. The van der Waals surface area contributed by atoms with E-state index in [0.29, 0.717) is 6.04 Å². The van der Waals surface area contributed by atoms with E-state index in [4.69, 9.17) is 0 Å². The van der Waals surface area contributed by atoms with Gasteiger partial charge in [-0.1, -0.05) is 6.92 Å². The number of imidazole rings is 1. The molecular formula is C17H23N7. The van der Waals surface area contributed by atoms with Gasteiger partial charge in [0.1, 0.15) is 5.82 Å². The molecule has 1 aliphatic heterocycles. The van der Waals surface area contributed by atoms with E-state index < -0.39 is 0 Å². The molecule has 4 rings (SSSR count). The normalized spacial score (nSPS) is 17.4. The molecule has 24 heavy (non-hydrogen) atoms. The molecule has 7 nitrogen and oxygen atoms in total. The van der Waals surface area contributed by atoms with Crippen LogP contribution >= 0.6 is 0 Å². The van der Waals surface area contributed by atoms with Gasteiger partial charge < -0.3 is 5.32 Å². The maximum absolute atomic E-state index is 4.64. The summed E-state index contributed by atoms with van der Waals surface area (Å²) in [7, 11) is 0. The van der Waals surface area contributed by atoms with Crippen LogP contribution in [0.5, 0.6) is 0 Å². The fourth-order valence-corrected chi connectivity index (χ4v) is 3.33. The van der Waals surface area contributed by atoms with Crippen molar-refractivity contribution in [2.24, 2.45) is 0 Å². The predicted octanol–water partition coefficient (Wildman–Crippen LogP) is 1.60. The molecule has 0 aromatic carbocycles. The molecule has 0 saturated heterocycles. The zero-order valence-electron chi connectivity index (χ0n) is 14.5. The summed E-state index contributed by atoms with van der Waals surface area (Å²) in [6.45, 7) is 7.81. The van der Waals surface area contributed by atoms with Crippen LogP contribution in [0.4, 0.5) is 0 Å². The number of hydrogen-bond acceptors (Lipinski definition) is 5. The summed E-state index contributed by atoms with van der Waals surface area (Å²) in [5.41, 5.74) is 3.19. The van der Waals surface area contributed by atoms with E-state index in [1.54, 1.807) is 0 Å². The molecule has 1 aliphatic rings. The highest BCUT2D eigenvalue weighted by Crippen LogP contribution is 2.14. The van der Waals surface area contributed by atoms with Crippen molar-refractivity contribution in [3.63, 3.8) is 0 Å². The average Bonchev–Trinajstić information content (AvgIpc) is 3.15. The Morgan fingerprint density at radius 1 is 1.25 bits per heavy atom. The topological polar surface area (TPSA) is 72.9 Å². The highest BCUT2D eigenvalue weighted by atomic mass is 15.4. The minimum absolute atomic E-state index is 0.407. The molecule has 3 aromatic heterocycles. The highest BCUT2D eigenvalue weighted by molar-refractivity contribution is 5.34. The third-order valence-electron chi connectivity index (χ3n) is 4.60. The fraction of sp³-hybridized carbons (Fsp3) is 0.529. The van der Waals surface area contributed by atoms with Gasteiger partial charge in [0.15, 0.2) is 5.82 Å². The van der Waals surface area contributed by atoms with E-state index in [1.165, 1.54) is 0 Å². The lowest BCUT2D eigenvalue weighted by Crippen LogP contribution is -2.37. The molecule has 4 heterocycles. The molecule has 0 bridgehead atoms. The summed E-state index contributed by atoms with van der Waals surface area (Å²) in [6.07, 6.45) is 5.04. The number of rotatable bonds is 4. The Morgan fingerprint density at radius 2 is 2.12 bits per heavy atom. The van der Waals surface area contributed by atoms with Crippen LogP contribution in [0, 0.1) is 13.8 Å². The van der Waals surface area contributed by atoms with Crippen molar-refractivity contribution in [1.82, 2.24) is 34.4 Å². The SMILES string of the molecule is CCc1nc2n(n1)CC(NCc1cn3c(C)cc(C)nc3n1)CC2. The predicted molar refractivity (Wildman–Crippen MR) is 90.8 cm³/mol. The van der Waals surface area contributed by atoms with E-state index in [2.05, 4.69) is 56.2 Å². The van der Waals surface area contributed by atoms with Crippen molar-refractivity contribution in [2.75, 3.05) is 0 Å². The van der Waals surface area contributed by atoms with Crippen molar-refractivity contribution in [3.05, 3.63) is 41.0 Å². The first kappa shape index (κ1) is 15.3. The highest BCUT2D eigenvalue weighted by Gasteiger charge is 2.21. The number of hydrogen-bond donors (Lipinski definition) is 1. The summed E-state index contributed by atoms with van der Waals surface area (Å²) in [5.74, 6) is 2.84. The lowest BCUT2D eigenvalue weighted by molar-refractivity contribution is 0.356. The van der Waals surface area contributed by atoms with E-state index in [9.17, 15) is 0 Å². The Labute approximate surface area is 141 Å². The molecule has 0 amide bonds. The monoisotopic (exact) mass is 325 g/mol. The molecule has 7 heteroatoms. The molecule has 0 spiro atoms. The molecule has 0 radical (unpaired) electrons. The van der Waals surface area contributed by atoms with Crippen LogP contribution in [-0.4, -0.2) is 35.2 Å². The molecular weight excluding hydrogens is 302 g/mol. The van der Waals surface area contributed by atoms with Gasteiger partial charge in [-0.2, -0.15) is 5.10 Å². The Hall–Kier alpha value is -2.28. The zero-order chi connectivity index (χ0) is 16.7. The van der Waals surface area contributed by atoms with Gasteiger partial charge in [0.05, 0.1) is 12.2 Å². The standard InChI is InChI=1S/C17H23N7/c1-4-15-21-16-6-5-13(10-24(16)22-15)18-8-14-9-23-12(3)7-11(2)19-17(23)20-14/h7,9,13,18H,4-6,8,10H2,1-3H3. The maximum atomic E-state index is 4.64. The Balaban J connectivity index is 1.45. The van der Waals surface area contributed by atoms with Gasteiger partial charge in [-0.25, -0.2) is 19.6 Å². The van der Waals surface area contributed by atoms with Crippen LogP contribution in [-0.2, 0) is 25.9 Å². The Morgan fingerprint density at radius 3 is 2.96 bits per heavy atom. The van der Waals surface area contributed by atoms with E-state index in [1.807, 2.05) is 11.3 Å². The van der Waals surface area contributed by atoms with E-state index in [-0.39, 0.29) is 0 Å². The summed E-state index contributed by atoms with van der Waals surface area (Å²) >= 11 is 0. The summed E-state index contributed by atoms with van der Waals surface area (Å²) in [6, 6.07) is 2.48. The Bertz CT molecular complexity index is 877. The average molecular weight is 325 g/mol. The van der Waals surface area contributed by atoms with Crippen LogP contribution in [0.2, 0.25) is 0 Å². The molecule has 0 saturated carbocycles. The van der Waals surface area contributed by atoms with Crippen LogP contribution in [0.25, 0.3) is 5.78 Å². The van der Waals surface area contributed by atoms with Gasteiger partial charge in [0, 0.05) is 43.0 Å². The molecule has 1 atom stereocenters. The maximum Gasteiger partial charge on any atom is 0.234 e. The molecule has 126 valence electrons. The number of aryl methyl sites for hydroxylation is 4. The van der Waals surface area contributed by atoms with Crippen LogP contribution in [0.1, 0.15) is 42.1 Å². The molecule has 3 aromatic rings. The van der Waals surface area contributed by atoms with Crippen LogP contribution in [0.3, 0.4) is 0 Å². The minimum Gasteiger partial charge on any atom is -0.306 e. The van der Waals surface area contributed by atoms with Gasteiger partial charge in [0.25, 0.3) is 0 Å². The smallest absolute Gasteiger partial charge is 0.234 e. The Kier molecular flexibility index (Phi) is 3.80. The first-order chi connectivity index (χ1) is 11.6. The van der Waals surface area contributed by atoms with Crippen molar-refractivity contribution in [3.8, 4) is 0 Å². The lowest BCUT2D eigenvalue weighted by Gasteiger charge is -2.23. The van der Waals surface area contributed by atoms with Crippen LogP contribution < -0.4 is 5.32 Å². The minimum atomic E-state index is 0.407. The molecule has 0 aliphatic carbocycles. The molecule has 1 unspecified atom stereocenters. The lowest BCUT2D eigenvalue weighted by atomic mass is 10.1. The summed E-state index contributed by atoms with van der Waals surface area (Å²) < 4.78 is 4.10. The van der Waals surface area contributed by atoms with Gasteiger partial charge in [-0.3, -0.25) is 4.40 Å². The van der Waals surface area contributed by atoms with Gasteiger partial charge >= 0.3 is 0 Å². The van der Waals surface area contributed by atoms with Crippen LogP contribution in [0.15, 0.2) is 12.3 Å². The first-order valence-corrected chi connectivity index (χ1v) is 8.60. The second kappa shape index (κ2) is 5.98. The third kappa shape index (κ3) is 2.80. The van der Waals surface area contributed by atoms with Crippen molar-refractivity contribution in [2.45, 2.75) is 59.2 Å². The number of fused-ring (bicyclic) bond motifs is 2. The number of nitrogens with one attached hydrogen (secondary N) is 1. The molecule has 0 fully saturated rings. The summed E-state index contributed by atoms with van der Waals surface area (Å²) in [4.78, 5) is 13.7. The number of nitrogens with zero attached hydrogens (tertiary/aromatic N) is 6. The summed E-state index contributed by atoms with van der Waals surface area (Å²) in [5, 5.41) is 8.18. The quantitative estimate of drug-likeness (QED) is 0.789. The fourth-order valence-electron chi connectivity index (χ4n) is 3.33. The first-order valence-electron chi connectivity index (χ1n) is 8.60. The third-order valence-corrected chi connectivity index (χ3v) is 4.60. The van der Waals surface area contributed by atoms with Gasteiger partial charge in [-0.05, 0) is 26.3 Å². The van der Waals surface area contributed by atoms with Crippen molar-refractivity contribution < 1.29 is 0 Å². The van der Waals surface area contributed by atoms with Crippen molar-refractivity contribution >= 4 is 5.78 Å². The van der Waals surface area contributed by atoms with Gasteiger partial charge in [0.2, 0.25) is 5.78 Å². The van der Waals surface area contributed by atoms with E-state index in [0.717, 1.165) is 66.9 Å².